The molecule has 0 atom stereocenters. The Morgan fingerprint density at radius 2 is 1.73 bits per heavy atom. The quantitative estimate of drug-likeness (QED) is 0.887. The van der Waals surface area contributed by atoms with Gasteiger partial charge in [0.05, 0.1) is 37.9 Å². The van der Waals surface area contributed by atoms with E-state index in [4.69, 9.17) is 9.47 Å². The van der Waals surface area contributed by atoms with Gasteiger partial charge in [-0.05, 0) is 25.0 Å². The van der Waals surface area contributed by atoms with Crippen LogP contribution in [0.15, 0.2) is 30.6 Å². The van der Waals surface area contributed by atoms with E-state index in [9.17, 15) is 4.79 Å². The fourth-order valence-electron chi connectivity index (χ4n) is 3.08. The molecular weight excluding hydrogens is 332 g/mol. The second-order valence-corrected chi connectivity index (χ2v) is 6.17. The van der Waals surface area contributed by atoms with E-state index in [-0.39, 0.29) is 5.91 Å². The molecule has 0 spiro atoms. The molecule has 0 radical (unpaired) electrons. The summed E-state index contributed by atoms with van der Waals surface area (Å²) in [6.07, 6.45) is 8.12. The van der Waals surface area contributed by atoms with Crippen LogP contribution in [0.1, 0.15) is 36.0 Å². The smallest absolute Gasteiger partial charge is 0.259 e. The summed E-state index contributed by atoms with van der Waals surface area (Å²) in [6.45, 7) is 1.96. The number of carbonyl (C=O) groups excluding carboxylic acids is 1. The molecule has 1 amide bonds. The van der Waals surface area contributed by atoms with Gasteiger partial charge in [0.2, 0.25) is 5.95 Å². The lowest BCUT2D eigenvalue weighted by Gasteiger charge is -2.20. The summed E-state index contributed by atoms with van der Waals surface area (Å²) in [6, 6.07) is 5.17. The largest absolute Gasteiger partial charge is 0.493 e. The summed E-state index contributed by atoms with van der Waals surface area (Å²) in [4.78, 5) is 23.6. The molecule has 3 rings (SSSR count). The zero-order valence-electron chi connectivity index (χ0n) is 15.2. The third-order valence-corrected chi connectivity index (χ3v) is 4.43. The number of anilines is 2. The number of carbonyl (C=O) groups is 1. The number of rotatable bonds is 5. The number of nitrogens with one attached hydrogen (secondary N) is 1. The lowest BCUT2D eigenvalue weighted by Crippen LogP contribution is -2.26. The Kier molecular flexibility index (Phi) is 5.88. The minimum atomic E-state index is -0.299. The van der Waals surface area contributed by atoms with E-state index < -0.39 is 0 Å². The van der Waals surface area contributed by atoms with Crippen molar-refractivity contribution in [3.63, 3.8) is 0 Å². The predicted octanol–water partition coefficient (Wildman–Crippen LogP) is 3.13. The van der Waals surface area contributed by atoms with Crippen LogP contribution in [-0.4, -0.2) is 43.2 Å². The molecule has 1 fully saturated rings. The average molecular weight is 356 g/mol. The van der Waals surface area contributed by atoms with Crippen LogP contribution in [0.25, 0.3) is 0 Å². The molecular formula is C19H24N4O3. The van der Waals surface area contributed by atoms with Gasteiger partial charge in [-0.3, -0.25) is 4.79 Å². The highest BCUT2D eigenvalue weighted by Gasteiger charge is 2.17. The Labute approximate surface area is 153 Å². The van der Waals surface area contributed by atoms with Crippen molar-refractivity contribution in [1.29, 1.82) is 0 Å². The van der Waals surface area contributed by atoms with Crippen molar-refractivity contribution < 1.29 is 14.3 Å². The third kappa shape index (κ3) is 4.04. The lowest BCUT2D eigenvalue weighted by atomic mass is 10.1. The zero-order valence-corrected chi connectivity index (χ0v) is 15.2. The molecule has 1 saturated heterocycles. The first-order chi connectivity index (χ1) is 12.7. The van der Waals surface area contributed by atoms with E-state index >= 15 is 0 Å². The maximum Gasteiger partial charge on any atom is 0.259 e. The van der Waals surface area contributed by atoms with Crippen LogP contribution in [0.2, 0.25) is 0 Å². The summed E-state index contributed by atoms with van der Waals surface area (Å²) < 4.78 is 10.5. The van der Waals surface area contributed by atoms with Gasteiger partial charge in [-0.25, -0.2) is 9.97 Å². The van der Waals surface area contributed by atoms with Crippen molar-refractivity contribution in [3.8, 4) is 11.5 Å². The Bertz CT molecular complexity index is 741. The molecule has 1 aliphatic heterocycles. The number of nitrogens with zero attached hydrogens (tertiary/aromatic N) is 3. The Balaban J connectivity index is 1.72. The minimum Gasteiger partial charge on any atom is -0.493 e. The number of ether oxygens (including phenoxy) is 2. The summed E-state index contributed by atoms with van der Waals surface area (Å²) in [7, 11) is 3.04. The molecule has 1 N–H and O–H groups in total. The molecule has 0 unspecified atom stereocenters. The first-order valence-electron chi connectivity index (χ1n) is 8.82. The third-order valence-electron chi connectivity index (χ3n) is 4.43. The number of hydrogen-bond acceptors (Lipinski definition) is 6. The average Bonchev–Trinajstić information content (AvgIpc) is 2.97. The van der Waals surface area contributed by atoms with Gasteiger partial charge in [0.1, 0.15) is 0 Å². The molecule has 0 saturated carbocycles. The maximum atomic E-state index is 12.6. The molecule has 7 heteroatoms. The van der Waals surface area contributed by atoms with Gasteiger partial charge in [-0.1, -0.05) is 18.9 Å². The molecule has 0 bridgehead atoms. The molecule has 138 valence electrons. The van der Waals surface area contributed by atoms with E-state index in [2.05, 4.69) is 20.2 Å². The molecule has 1 aromatic carbocycles. The molecule has 1 aliphatic rings. The van der Waals surface area contributed by atoms with Gasteiger partial charge < -0.3 is 19.7 Å². The Morgan fingerprint density at radius 3 is 2.35 bits per heavy atom. The molecule has 2 heterocycles. The van der Waals surface area contributed by atoms with Crippen molar-refractivity contribution in [2.45, 2.75) is 25.7 Å². The van der Waals surface area contributed by atoms with Gasteiger partial charge in [-0.15, -0.1) is 0 Å². The van der Waals surface area contributed by atoms with Crippen LogP contribution in [-0.2, 0) is 0 Å². The normalized spacial score (nSPS) is 14.5. The number of methoxy groups -OCH3 is 2. The van der Waals surface area contributed by atoms with Crippen molar-refractivity contribution in [1.82, 2.24) is 9.97 Å². The second kappa shape index (κ2) is 8.51. The standard InChI is InChI=1S/C19H24N4O3/c1-25-16-9-7-8-15(17(16)26-2)18(24)22-14-12-20-19(21-13-14)23-10-5-3-4-6-11-23/h7-9,12-13H,3-6,10-11H2,1-2H3,(H,22,24). The van der Waals surface area contributed by atoms with Crippen LogP contribution in [0, 0.1) is 0 Å². The topological polar surface area (TPSA) is 76.6 Å². The van der Waals surface area contributed by atoms with Gasteiger partial charge in [0.15, 0.2) is 11.5 Å². The highest BCUT2D eigenvalue weighted by atomic mass is 16.5. The van der Waals surface area contributed by atoms with E-state index in [0.717, 1.165) is 25.9 Å². The highest BCUT2D eigenvalue weighted by Crippen LogP contribution is 2.31. The summed E-state index contributed by atoms with van der Waals surface area (Å²) in [5.74, 6) is 1.32. The van der Waals surface area contributed by atoms with E-state index in [1.54, 1.807) is 30.6 Å². The van der Waals surface area contributed by atoms with Gasteiger partial charge in [-0.2, -0.15) is 0 Å². The maximum absolute atomic E-state index is 12.6. The van der Waals surface area contributed by atoms with Gasteiger partial charge >= 0.3 is 0 Å². The minimum absolute atomic E-state index is 0.299. The van der Waals surface area contributed by atoms with Crippen LogP contribution in [0.3, 0.4) is 0 Å². The molecule has 7 nitrogen and oxygen atoms in total. The summed E-state index contributed by atoms with van der Waals surface area (Å²) in [5.41, 5.74) is 0.932. The lowest BCUT2D eigenvalue weighted by molar-refractivity contribution is 0.102. The van der Waals surface area contributed by atoms with Crippen LogP contribution < -0.4 is 19.7 Å². The Hall–Kier alpha value is -2.83. The zero-order chi connectivity index (χ0) is 18.4. The molecule has 26 heavy (non-hydrogen) atoms. The summed E-state index contributed by atoms with van der Waals surface area (Å²) >= 11 is 0. The number of amides is 1. The summed E-state index contributed by atoms with van der Waals surface area (Å²) in [5, 5.41) is 2.81. The van der Waals surface area contributed by atoms with Crippen LogP contribution in [0.4, 0.5) is 11.6 Å². The van der Waals surface area contributed by atoms with Crippen molar-refractivity contribution in [2.75, 3.05) is 37.5 Å². The van der Waals surface area contributed by atoms with Crippen molar-refractivity contribution in [3.05, 3.63) is 36.2 Å². The van der Waals surface area contributed by atoms with Crippen molar-refractivity contribution >= 4 is 17.5 Å². The highest BCUT2D eigenvalue weighted by molar-refractivity contribution is 6.06. The number of hydrogen-bond donors (Lipinski definition) is 1. The van der Waals surface area contributed by atoms with E-state index in [1.165, 1.54) is 27.1 Å². The Morgan fingerprint density at radius 1 is 1.04 bits per heavy atom. The first-order valence-corrected chi connectivity index (χ1v) is 8.82. The monoisotopic (exact) mass is 356 g/mol. The molecule has 0 aliphatic carbocycles. The fraction of sp³-hybridized carbons (Fsp3) is 0.421. The van der Waals surface area contributed by atoms with Crippen LogP contribution in [0.5, 0.6) is 11.5 Å². The predicted molar refractivity (Wildman–Crippen MR) is 100 cm³/mol. The van der Waals surface area contributed by atoms with E-state index in [1.807, 2.05) is 0 Å². The number of benzene rings is 1. The van der Waals surface area contributed by atoms with Crippen LogP contribution >= 0.6 is 0 Å². The molecule has 2 aromatic rings. The van der Waals surface area contributed by atoms with Gasteiger partial charge in [0.25, 0.3) is 5.91 Å². The number of aromatic nitrogens is 2. The van der Waals surface area contributed by atoms with E-state index in [0.29, 0.717) is 28.7 Å². The number of para-hydroxylation sites is 1. The van der Waals surface area contributed by atoms with Crippen molar-refractivity contribution in [2.24, 2.45) is 0 Å². The molecule has 1 aromatic heterocycles. The SMILES string of the molecule is COc1cccc(C(=O)Nc2cnc(N3CCCCCC3)nc2)c1OC. The fourth-order valence-corrected chi connectivity index (χ4v) is 3.08. The van der Waals surface area contributed by atoms with Gasteiger partial charge in [0, 0.05) is 13.1 Å². The second-order valence-electron chi connectivity index (χ2n) is 6.17. The first kappa shape index (κ1) is 18.0.